The van der Waals surface area contributed by atoms with Gasteiger partial charge >= 0.3 is 0 Å². The molecule has 2 aliphatic heterocycles. The van der Waals surface area contributed by atoms with E-state index in [-0.39, 0.29) is 34.8 Å². The average Bonchev–Trinajstić information content (AvgIpc) is 3.61. The topological polar surface area (TPSA) is 110 Å². The number of piperidine rings is 1. The van der Waals surface area contributed by atoms with Crippen LogP contribution in [0.3, 0.4) is 0 Å². The molecule has 0 radical (unpaired) electrons. The van der Waals surface area contributed by atoms with Gasteiger partial charge < -0.3 is 23.9 Å². The third-order valence-corrected chi connectivity index (χ3v) is 12.2. The number of ether oxygens (including phenoxy) is 2. The number of benzene rings is 2. The molecule has 5 atom stereocenters. The van der Waals surface area contributed by atoms with Crippen LogP contribution < -0.4 is 9.47 Å². The summed E-state index contributed by atoms with van der Waals surface area (Å²) in [5.74, 6) is 0.916. The van der Waals surface area contributed by atoms with Gasteiger partial charge in [0.1, 0.15) is 11.0 Å². The van der Waals surface area contributed by atoms with Crippen molar-refractivity contribution in [2.24, 2.45) is 0 Å². The van der Waals surface area contributed by atoms with Crippen molar-refractivity contribution in [2.75, 3.05) is 20.7 Å². The molecule has 11 heteroatoms. The lowest BCUT2D eigenvalue weighted by atomic mass is 9.48. The molecule has 1 N–H and O–H groups in total. The molecule has 2 bridgehead atoms. The highest BCUT2D eigenvalue weighted by Gasteiger charge is 2.74. The SMILES string of the molecule is COc1ccc2c3c1O[C@H]1[C@H](N(C)C(=O)/C=C\c4ccoc4)CC[C@@]4(O)[C@@H](C2)N(S(=O)(=O)c2ccccc2Cl)CCC314. The minimum absolute atomic E-state index is 0.0232. The number of nitrogens with zero attached hydrogens (tertiary/aromatic N) is 2. The van der Waals surface area contributed by atoms with Crippen molar-refractivity contribution >= 4 is 33.6 Å². The number of rotatable bonds is 6. The van der Waals surface area contributed by atoms with Crippen LogP contribution in [0.2, 0.25) is 5.02 Å². The Morgan fingerprint density at radius 1 is 1.21 bits per heavy atom. The Morgan fingerprint density at radius 2 is 2.02 bits per heavy atom. The monoisotopic (exact) mass is 610 g/mol. The summed E-state index contributed by atoms with van der Waals surface area (Å²) in [6, 6.07) is 10.8. The van der Waals surface area contributed by atoms with Gasteiger partial charge in [-0.25, -0.2) is 8.42 Å². The van der Waals surface area contributed by atoms with Crippen molar-refractivity contribution in [1.82, 2.24) is 9.21 Å². The number of aliphatic hydroxyl groups is 1. The van der Waals surface area contributed by atoms with Crippen molar-refractivity contribution in [1.29, 1.82) is 0 Å². The third-order valence-electron chi connectivity index (χ3n) is 9.82. The van der Waals surface area contributed by atoms with Gasteiger partial charge in [-0.05, 0) is 61.6 Å². The number of hydrogen-bond acceptors (Lipinski definition) is 7. The lowest BCUT2D eigenvalue weighted by Crippen LogP contribution is -2.78. The molecule has 220 valence electrons. The van der Waals surface area contributed by atoms with Gasteiger partial charge in [-0.15, -0.1) is 0 Å². The first-order valence-corrected chi connectivity index (χ1v) is 15.8. The second-order valence-electron chi connectivity index (χ2n) is 11.5. The van der Waals surface area contributed by atoms with Crippen molar-refractivity contribution < 1.29 is 32.2 Å². The van der Waals surface area contributed by atoms with Crippen LogP contribution >= 0.6 is 11.6 Å². The van der Waals surface area contributed by atoms with Crippen LogP contribution in [0.5, 0.6) is 11.5 Å². The third kappa shape index (κ3) is 3.62. The molecule has 7 rings (SSSR count). The number of likely N-dealkylation sites (N-methyl/N-ethyl adjacent to an activating group) is 1. The minimum atomic E-state index is -4.03. The Hall–Kier alpha value is -3.31. The van der Waals surface area contributed by atoms with Crippen LogP contribution in [0.4, 0.5) is 0 Å². The van der Waals surface area contributed by atoms with E-state index in [1.807, 2.05) is 12.1 Å². The van der Waals surface area contributed by atoms with Crippen molar-refractivity contribution in [3.63, 3.8) is 0 Å². The van der Waals surface area contributed by atoms with E-state index in [2.05, 4.69) is 0 Å². The summed E-state index contributed by atoms with van der Waals surface area (Å²) in [4.78, 5) is 15.1. The van der Waals surface area contributed by atoms with Gasteiger partial charge in [0, 0.05) is 30.8 Å². The number of hydrogen-bond donors (Lipinski definition) is 1. The molecule has 1 unspecified atom stereocenters. The molecule has 1 saturated carbocycles. The molecule has 1 saturated heterocycles. The lowest BCUT2D eigenvalue weighted by Gasteiger charge is -2.64. The molecule has 2 aliphatic carbocycles. The molecule has 42 heavy (non-hydrogen) atoms. The van der Waals surface area contributed by atoms with Crippen LogP contribution in [0, 0.1) is 0 Å². The lowest BCUT2D eigenvalue weighted by molar-refractivity contribution is -0.186. The van der Waals surface area contributed by atoms with E-state index < -0.39 is 33.2 Å². The van der Waals surface area contributed by atoms with Crippen LogP contribution in [0.1, 0.15) is 36.0 Å². The number of amides is 1. The summed E-state index contributed by atoms with van der Waals surface area (Å²) >= 11 is 6.37. The number of furan rings is 1. The summed E-state index contributed by atoms with van der Waals surface area (Å²) in [7, 11) is -0.708. The Morgan fingerprint density at radius 3 is 2.76 bits per heavy atom. The van der Waals surface area contributed by atoms with Gasteiger partial charge in [0.2, 0.25) is 15.9 Å². The molecule has 1 spiro atoms. The van der Waals surface area contributed by atoms with E-state index in [0.717, 1.165) is 16.7 Å². The predicted octanol–water partition coefficient (Wildman–Crippen LogP) is 4.03. The van der Waals surface area contributed by atoms with Gasteiger partial charge in [-0.1, -0.05) is 29.8 Å². The predicted molar refractivity (Wildman–Crippen MR) is 155 cm³/mol. The van der Waals surface area contributed by atoms with Gasteiger partial charge in [0.25, 0.3) is 0 Å². The van der Waals surface area contributed by atoms with Crippen LogP contribution in [-0.2, 0) is 26.7 Å². The van der Waals surface area contributed by atoms with Crippen molar-refractivity contribution in [3.05, 3.63) is 82.8 Å². The summed E-state index contributed by atoms with van der Waals surface area (Å²) < 4.78 is 47.1. The molecule has 9 nitrogen and oxygen atoms in total. The summed E-state index contributed by atoms with van der Waals surface area (Å²) in [5, 5.41) is 12.9. The maximum absolute atomic E-state index is 14.1. The molecule has 3 heterocycles. The fourth-order valence-electron chi connectivity index (χ4n) is 7.91. The van der Waals surface area contributed by atoms with E-state index in [9.17, 15) is 18.3 Å². The molecule has 1 aromatic heterocycles. The van der Waals surface area contributed by atoms with Crippen molar-refractivity contribution in [2.45, 2.75) is 59.8 Å². The summed E-state index contributed by atoms with van der Waals surface area (Å²) in [6.07, 6.45) is 7.03. The first kappa shape index (κ1) is 27.5. The smallest absolute Gasteiger partial charge is 0.246 e. The van der Waals surface area contributed by atoms with Gasteiger partial charge in [0.15, 0.2) is 11.5 Å². The Balaban J connectivity index is 1.32. The Kier molecular flexibility index (Phi) is 6.29. The van der Waals surface area contributed by atoms with Gasteiger partial charge in [-0.3, -0.25) is 4.79 Å². The number of carbonyl (C=O) groups is 1. The largest absolute Gasteiger partial charge is 0.493 e. The normalized spacial score (nSPS) is 29.7. The molecule has 2 aromatic carbocycles. The molecular weight excluding hydrogens is 580 g/mol. The molecular formula is C31H31ClN2O7S. The number of halogens is 1. The fraction of sp³-hybridized carbons (Fsp3) is 0.387. The number of carbonyl (C=O) groups excluding carboxylic acids is 1. The van der Waals surface area contributed by atoms with E-state index in [1.54, 1.807) is 61.9 Å². The quantitative estimate of drug-likeness (QED) is 0.420. The van der Waals surface area contributed by atoms with E-state index in [4.69, 9.17) is 25.5 Å². The molecule has 2 fully saturated rings. The maximum Gasteiger partial charge on any atom is 0.246 e. The Bertz CT molecular complexity index is 1710. The van der Waals surface area contributed by atoms with Gasteiger partial charge in [-0.2, -0.15) is 4.31 Å². The van der Waals surface area contributed by atoms with Crippen LogP contribution in [-0.4, -0.2) is 73.1 Å². The van der Waals surface area contributed by atoms with Crippen LogP contribution in [0.15, 0.2) is 70.4 Å². The molecule has 4 aliphatic rings. The zero-order chi connectivity index (χ0) is 29.4. The summed E-state index contributed by atoms with van der Waals surface area (Å²) in [6.45, 7) is 0.168. The second kappa shape index (κ2) is 9.60. The number of methoxy groups -OCH3 is 1. The fourth-order valence-corrected chi connectivity index (χ4v) is 10.1. The highest BCUT2D eigenvalue weighted by atomic mass is 35.5. The average molecular weight is 611 g/mol. The maximum atomic E-state index is 14.1. The van der Waals surface area contributed by atoms with Gasteiger partial charge in [0.05, 0.1) is 47.8 Å². The second-order valence-corrected chi connectivity index (χ2v) is 13.8. The highest BCUT2D eigenvalue weighted by Crippen LogP contribution is 2.66. The number of sulfonamides is 1. The van der Waals surface area contributed by atoms with Crippen molar-refractivity contribution in [3.8, 4) is 11.5 Å². The van der Waals surface area contributed by atoms with E-state index >= 15 is 0 Å². The zero-order valence-corrected chi connectivity index (χ0v) is 24.8. The van der Waals surface area contributed by atoms with E-state index in [0.29, 0.717) is 30.8 Å². The minimum Gasteiger partial charge on any atom is -0.493 e. The highest BCUT2D eigenvalue weighted by molar-refractivity contribution is 7.89. The molecule has 3 aromatic rings. The first-order chi connectivity index (χ1) is 20.1. The standard InChI is InChI=1S/C31H31ClN2O7S/c1-33(26(35)10-7-19-12-16-40-18-19)22-11-13-31(36)25-17-20-8-9-23(39-2)28-27(20)30(31,29(22)41-28)14-15-34(25)42(37,38)24-6-4-3-5-21(24)32/h3-10,12,16,18,22,25,29,36H,11,13-15,17H2,1-2H3/b10-7-/t22-,25-,29+,30?,31-/m1/s1. The zero-order valence-electron chi connectivity index (χ0n) is 23.2. The van der Waals surface area contributed by atoms with Crippen LogP contribution in [0.25, 0.3) is 6.08 Å². The molecule has 1 amide bonds. The van der Waals surface area contributed by atoms with E-state index in [1.165, 1.54) is 16.4 Å². The first-order valence-electron chi connectivity index (χ1n) is 14.0. The Labute approximate surface area is 249 Å². The summed E-state index contributed by atoms with van der Waals surface area (Å²) in [5.41, 5.74) is 0.181.